The van der Waals surface area contributed by atoms with E-state index < -0.39 is 0 Å². The van der Waals surface area contributed by atoms with Crippen molar-refractivity contribution in [3.05, 3.63) is 80.4 Å². The Morgan fingerprint density at radius 2 is 2.00 bits per heavy atom. The van der Waals surface area contributed by atoms with Gasteiger partial charge in [0.15, 0.2) is 4.34 Å². The van der Waals surface area contributed by atoms with E-state index in [1.165, 1.54) is 27.5 Å². The van der Waals surface area contributed by atoms with Crippen LogP contribution in [0.3, 0.4) is 0 Å². The molecule has 0 aliphatic heterocycles. The maximum absolute atomic E-state index is 12.3. The van der Waals surface area contributed by atoms with E-state index >= 15 is 0 Å². The number of thiophene rings is 1. The Kier molecular flexibility index (Phi) is 4.78. The summed E-state index contributed by atoms with van der Waals surface area (Å²) >= 11 is 4.70. The predicted octanol–water partition coefficient (Wildman–Crippen LogP) is 4.68. The monoisotopic (exact) mass is 383 g/mol. The molecule has 0 aliphatic rings. The summed E-state index contributed by atoms with van der Waals surface area (Å²) < 4.78 is 2.22. The maximum atomic E-state index is 12.3. The van der Waals surface area contributed by atoms with E-state index in [1.54, 1.807) is 23.1 Å². The zero-order valence-electron chi connectivity index (χ0n) is 13.0. The second kappa shape index (κ2) is 7.35. The Labute approximate surface area is 156 Å². The van der Waals surface area contributed by atoms with Crippen LogP contribution in [0.15, 0.2) is 63.0 Å². The highest BCUT2D eigenvalue weighted by molar-refractivity contribution is 8.00. The van der Waals surface area contributed by atoms with Crippen molar-refractivity contribution in [3.63, 3.8) is 0 Å². The average molecular weight is 384 g/mol. The van der Waals surface area contributed by atoms with E-state index in [4.69, 9.17) is 0 Å². The molecule has 0 amide bonds. The van der Waals surface area contributed by atoms with Gasteiger partial charge in [0.25, 0.3) is 5.56 Å². The van der Waals surface area contributed by atoms with Gasteiger partial charge in [-0.3, -0.25) is 4.79 Å². The Balaban J connectivity index is 1.57. The van der Waals surface area contributed by atoms with E-state index in [-0.39, 0.29) is 5.56 Å². The van der Waals surface area contributed by atoms with Gasteiger partial charge in [-0.15, -0.1) is 16.4 Å². The normalized spacial score (nSPS) is 11.5. The van der Waals surface area contributed by atoms with Gasteiger partial charge in [-0.05, 0) is 29.2 Å². The minimum absolute atomic E-state index is 0.154. The molecule has 0 saturated carbocycles. The van der Waals surface area contributed by atoms with Crippen LogP contribution in [-0.2, 0) is 5.75 Å². The zero-order chi connectivity index (χ0) is 17.1. The van der Waals surface area contributed by atoms with E-state index in [0.717, 1.165) is 15.0 Å². The van der Waals surface area contributed by atoms with Crippen LogP contribution in [0.4, 0.5) is 0 Å². The van der Waals surface area contributed by atoms with Crippen molar-refractivity contribution in [1.29, 1.82) is 0 Å². The number of rotatable bonds is 5. The molecular formula is C18H13N3OS3. The van der Waals surface area contributed by atoms with Crippen molar-refractivity contribution < 1.29 is 0 Å². The van der Waals surface area contributed by atoms with Crippen molar-refractivity contribution in [1.82, 2.24) is 14.6 Å². The lowest BCUT2D eigenvalue weighted by atomic mass is 10.2. The van der Waals surface area contributed by atoms with Crippen LogP contribution < -0.4 is 5.56 Å². The fraction of sp³-hybridized carbons (Fsp3) is 0.0556. The number of nitrogens with zero attached hydrogens (tertiary/aromatic N) is 3. The van der Waals surface area contributed by atoms with Crippen LogP contribution in [-0.4, -0.2) is 14.6 Å². The molecule has 124 valence electrons. The summed E-state index contributed by atoms with van der Waals surface area (Å²) in [6.45, 7) is 0. The molecule has 0 saturated heterocycles. The molecule has 0 aliphatic carbocycles. The summed E-state index contributed by atoms with van der Waals surface area (Å²) in [4.78, 5) is 18.6. The lowest BCUT2D eigenvalue weighted by molar-refractivity contribution is 0.855. The summed E-state index contributed by atoms with van der Waals surface area (Å²) in [5, 5.41) is 6.40. The van der Waals surface area contributed by atoms with Crippen LogP contribution in [0.2, 0.25) is 0 Å². The molecular weight excluding hydrogens is 370 g/mol. The van der Waals surface area contributed by atoms with Crippen LogP contribution in [0.5, 0.6) is 0 Å². The highest BCUT2D eigenvalue weighted by Crippen LogP contribution is 2.26. The number of thioether (sulfide) groups is 1. The lowest BCUT2D eigenvalue weighted by Gasteiger charge is -1.96. The van der Waals surface area contributed by atoms with Crippen molar-refractivity contribution in [2.45, 2.75) is 10.1 Å². The molecule has 1 aromatic carbocycles. The molecule has 3 heterocycles. The summed E-state index contributed by atoms with van der Waals surface area (Å²) in [6.07, 6.45) is 3.83. The third kappa shape index (κ3) is 3.89. The molecule has 4 rings (SSSR count). The fourth-order valence-electron chi connectivity index (χ4n) is 2.23. The van der Waals surface area contributed by atoms with Gasteiger partial charge in [0.1, 0.15) is 0 Å². The minimum atomic E-state index is -0.154. The molecule has 0 bridgehead atoms. The minimum Gasteiger partial charge on any atom is -0.267 e. The summed E-state index contributed by atoms with van der Waals surface area (Å²) in [5.41, 5.74) is 1.73. The third-order valence-electron chi connectivity index (χ3n) is 3.41. The van der Waals surface area contributed by atoms with Gasteiger partial charge in [-0.2, -0.15) is 4.52 Å². The van der Waals surface area contributed by atoms with Crippen molar-refractivity contribution in [2.24, 2.45) is 0 Å². The smallest absolute Gasteiger partial charge is 0.267 e. The van der Waals surface area contributed by atoms with E-state index in [0.29, 0.717) is 10.7 Å². The number of benzene rings is 1. The molecule has 0 radical (unpaired) electrons. The zero-order valence-corrected chi connectivity index (χ0v) is 15.5. The van der Waals surface area contributed by atoms with Crippen LogP contribution >= 0.6 is 34.4 Å². The van der Waals surface area contributed by atoms with Crippen molar-refractivity contribution >= 4 is 51.5 Å². The van der Waals surface area contributed by atoms with E-state index in [2.05, 4.69) is 22.2 Å². The molecule has 0 unspecified atom stereocenters. The molecule has 25 heavy (non-hydrogen) atoms. The lowest BCUT2D eigenvalue weighted by Crippen LogP contribution is -2.14. The van der Waals surface area contributed by atoms with Gasteiger partial charge in [0.05, 0.1) is 5.69 Å². The largest absolute Gasteiger partial charge is 0.275 e. The molecule has 0 spiro atoms. The van der Waals surface area contributed by atoms with Gasteiger partial charge in [0, 0.05) is 16.7 Å². The third-order valence-corrected chi connectivity index (χ3v) is 6.36. The quantitative estimate of drug-likeness (QED) is 0.470. The second-order valence-electron chi connectivity index (χ2n) is 5.20. The Bertz CT molecular complexity index is 1070. The fourth-order valence-corrected chi connectivity index (χ4v) is 4.75. The maximum Gasteiger partial charge on any atom is 0.275 e. The standard InChI is InChI=1S/C18H13N3OS3/c22-16-11-14(8-9-15-7-4-10-23-15)19-17-21(16)20-18(25-17)24-12-13-5-2-1-3-6-13/h1-11H,12H2/b9-8+. The van der Waals surface area contributed by atoms with Gasteiger partial charge in [-0.25, -0.2) is 4.98 Å². The van der Waals surface area contributed by atoms with Gasteiger partial charge in [-0.1, -0.05) is 59.5 Å². The van der Waals surface area contributed by atoms with Gasteiger partial charge in [0.2, 0.25) is 4.96 Å². The number of fused-ring (bicyclic) bond motifs is 1. The van der Waals surface area contributed by atoms with Gasteiger partial charge >= 0.3 is 0 Å². The van der Waals surface area contributed by atoms with E-state index in [1.807, 2.05) is 47.9 Å². The van der Waals surface area contributed by atoms with Crippen LogP contribution in [0.25, 0.3) is 17.1 Å². The first-order valence-corrected chi connectivity index (χ1v) is 10.3. The number of hydrogen-bond acceptors (Lipinski definition) is 6. The predicted molar refractivity (Wildman–Crippen MR) is 106 cm³/mol. The Hall–Kier alpha value is -2.22. The molecule has 4 nitrogen and oxygen atoms in total. The highest BCUT2D eigenvalue weighted by Gasteiger charge is 2.09. The highest BCUT2D eigenvalue weighted by atomic mass is 32.2. The topological polar surface area (TPSA) is 47.3 Å². The molecule has 0 atom stereocenters. The molecule has 0 N–H and O–H groups in total. The summed E-state index contributed by atoms with van der Waals surface area (Å²) in [5.74, 6) is 0.820. The van der Waals surface area contributed by atoms with Crippen LogP contribution in [0.1, 0.15) is 16.1 Å². The summed E-state index contributed by atoms with van der Waals surface area (Å²) in [6, 6.07) is 15.7. The van der Waals surface area contributed by atoms with E-state index in [9.17, 15) is 4.79 Å². The molecule has 3 aromatic heterocycles. The SMILES string of the molecule is O=c1cc(/C=C/c2cccs2)nc2sc(SCc3ccccc3)nn12. The summed E-state index contributed by atoms with van der Waals surface area (Å²) in [7, 11) is 0. The van der Waals surface area contributed by atoms with Crippen molar-refractivity contribution in [2.75, 3.05) is 0 Å². The number of hydrogen-bond donors (Lipinski definition) is 0. The van der Waals surface area contributed by atoms with Crippen LogP contribution in [0, 0.1) is 0 Å². The van der Waals surface area contributed by atoms with Gasteiger partial charge < -0.3 is 0 Å². The first kappa shape index (κ1) is 16.3. The molecule has 0 fully saturated rings. The van der Waals surface area contributed by atoms with Crippen molar-refractivity contribution in [3.8, 4) is 0 Å². The second-order valence-corrected chi connectivity index (χ2v) is 8.36. The Morgan fingerprint density at radius 1 is 1.12 bits per heavy atom. The molecule has 7 heteroatoms. The average Bonchev–Trinajstić information content (AvgIpc) is 3.29. The Morgan fingerprint density at radius 3 is 2.80 bits per heavy atom. The number of aromatic nitrogens is 3. The first-order chi connectivity index (χ1) is 12.3. The first-order valence-electron chi connectivity index (χ1n) is 7.57. The molecule has 4 aromatic rings.